The Morgan fingerprint density at radius 3 is 2.60 bits per heavy atom. The lowest BCUT2D eigenvalue weighted by atomic mass is 10.1. The lowest BCUT2D eigenvalue weighted by molar-refractivity contribution is 0.591. The van der Waals surface area contributed by atoms with Crippen LogP contribution in [0.4, 0.5) is 8.78 Å². The molecule has 0 saturated carbocycles. The molecule has 1 heterocycles. The van der Waals surface area contributed by atoms with Crippen molar-refractivity contribution >= 4 is 10.9 Å². The maximum Gasteiger partial charge on any atom is 0.150 e. The normalized spacial score (nSPS) is 13.4. The average molecular weight is 210 g/mol. The molecule has 1 unspecified atom stereocenters. The van der Waals surface area contributed by atoms with Crippen molar-refractivity contribution in [1.82, 2.24) is 4.98 Å². The molecular weight excluding hydrogens is 198 g/mol. The maximum atomic E-state index is 13.4. The Kier molecular flexibility index (Phi) is 2.23. The van der Waals surface area contributed by atoms with Crippen LogP contribution in [0.5, 0.6) is 0 Å². The monoisotopic (exact) mass is 210 g/mol. The van der Waals surface area contributed by atoms with Gasteiger partial charge in [-0.05, 0) is 25.5 Å². The number of hydrogen-bond donors (Lipinski definition) is 2. The number of rotatable bonds is 1. The van der Waals surface area contributed by atoms with Crippen LogP contribution in [0.25, 0.3) is 10.9 Å². The largest absolute Gasteiger partial charge is 0.356 e. The molecule has 0 radical (unpaired) electrons. The van der Waals surface area contributed by atoms with Gasteiger partial charge in [0.05, 0.1) is 5.52 Å². The number of hydrogen-bond acceptors (Lipinski definition) is 1. The molecule has 1 aromatic carbocycles. The SMILES string of the molecule is Cc1[nH]c2c(F)cc(F)cc2c1C(C)N. The summed E-state index contributed by atoms with van der Waals surface area (Å²) in [6, 6.07) is 1.92. The van der Waals surface area contributed by atoms with Crippen molar-refractivity contribution in [2.24, 2.45) is 5.73 Å². The quantitative estimate of drug-likeness (QED) is 0.746. The van der Waals surface area contributed by atoms with Crippen LogP contribution in [0.15, 0.2) is 12.1 Å². The zero-order valence-corrected chi connectivity index (χ0v) is 8.57. The van der Waals surface area contributed by atoms with Crippen LogP contribution in [0.3, 0.4) is 0 Å². The Morgan fingerprint density at radius 2 is 2.00 bits per heavy atom. The lowest BCUT2D eigenvalue weighted by Crippen LogP contribution is -2.05. The lowest BCUT2D eigenvalue weighted by Gasteiger charge is -2.04. The molecule has 0 aliphatic rings. The minimum Gasteiger partial charge on any atom is -0.356 e. The molecule has 1 atom stereocenters. The van der Waals surface area contributed by atoms with Crippen molar-refractivity contribution in [3.63, 3.8) is 0 Å². The Morgan fingerprint density at radius 1 is 1.33 bits per heavy atom. The van der Waals surface area contributed by atoms with E-state index in [9.17, 15) is 8.78 Å². The van der Waals surface area contributed by atoms with E-state index in [1.54, 1.807) is 13.8 Å². The van der Waals surface area contributed by atoms with Crippen LogP contribution >= 0.6 is 0 Å². The van der Waals surface area contributed by atoms with Crippen LogP contribution in [0.1, 0.15) is 24.2 Å². The average Bonchev–Trinajstić information content (AvgIpc) is 2.41. The zero-order chi connectivity index (χ0) is 11.2. The van der Waals surface area contributed by atoms with Gasteiger partial charge in [0.25, 0.3) is 0 Å². The van der Waals surface area contributed by atoms with Gasteiger partial charge in [-0.25, -0.2) is 8.78 Å². The fourth-order valence-electron chi connectivity index (χ4n) is 1.96. The van der Waals surface area contributed by atoms with E-state index in [2.05, 4.69) is 4.98 Å². The predicted octanol–water partition coefficient (Wildman–Crippen LogP) is 2.77. The summed E-state index contributed by atoms with van der Waals surface area (Å²) in [6.45, 7) is 3.59. The molecule has 15 heavy (non-hydrogen) atoms. The van der Waals surface area contributed by atoms with Crippen LogP contribution in [-0.2, 0) is 0 Å². The van der Waals surface area contributed by atoms with E-state index in [1.165, 1.54) is 6.07 Å². The van der Waals surface area contributed by atoms with Gasteiger partial charge in [0, 0.05) is 23.2 Å². The summed E-state index contributed by atoms with van der Waals surface area (Å²) >= 11 is 0. The fourth-order valence-corrected chi connectivity index (χ4v) is 1.96. The molecule has 4 heteroatoms. The number of nitrogens with one attached hydrogen (secondary N) is 1. The van der Waals surface area contributed by atoms with E-state index in [1.807, 2.05) is 0 Å². The molecule has 0 fully saturated rings. The number of aryl methyl sites for hydroxylation is 1. The molecule has 0 amide bonds. The molecular formula is C11H12F2N2. The van der Waals surface area contributed by atoms with Crippen molar-refractivity contribution < 1.29 is 8.78 Å². The number of H-pyrrole nitrogens is 1. The second kappa shape index (κ2) is 3.31. The highest BCUT2D eigenvalue weighted by molar-refractivity contribution is 5.85. The molecule has 0 spiro atoms. The Labute approximate surface area is 86.1 Å². The van der Waals surface area contributed by atoms with Crippen molar-refractivity contribution in [2.75, 3.05) is 0 Å². The first-order chi connectivity index (χ1) is 7.00. The topological polar surface area (TPSA) is 41.8 Å². The van der Waals surface area contributed by atoms with E-state index in [4.69, 9.17) is 5.73 Å². The minimum absolute atomic E-state index is 0.250. The maximum absolute atomic E-state index is 13.4. The van der Waals surface area contributed by atoms with E-state index in [0.717, 1.165) is 17.3 Å². The van der Waals surface area contributed by atoms with Gasteiger partial charge in [-0.2, -0.15) is 0 Å². The van der Waals surface area contributed by atoms with E-state index < -0.39 is 11.6 Å². The molecule has 0 aliphatic heterocycles. The summed E-state index contributed by atoms with van der Waals surface area (Å²) in [5.74, 6) is -1.17. The summed E-state index contributed by atoms with van der Waals surface area (Å²) in [7, 11) is 0. The number of fused-ring (bicyclic) bond motifs is 1. The van der Waals surface area contributed by atoms with Crippen molar-refractivity contribution in [1.29, 1.82) is 0 Å². The summed E-state index contributed by atoms with van der Waals surface area (Å²) in [6.07, 6.45) is 0. The number of nitrogens with two attached hydrogens (primary N) is 1. The van der Waals surface area contributed by atoms with Crippen LogP contribution in [0.2, 0.25) is 0 Å². The van der Waals surface area contributed by atoms with Gasteiger partial charge in [0.1, 0.15) is 11.6 Å². The van der Waals surface area contributed by atoms with Crippen molar-refractivity contribution in [3.05, 3.63) is 35.0 Å². The third-order valence-corrected chi connectivity index (χ3v) is 2.52. The molecule has 1 aromatic heterocycles. The van der Waals surface area contributed by atoms with Gasteiger partial charge in [-0.15, -0.1) is 0 Å². The molecule has 0 aliphatic carbocycles. The summed E-state index contributed by atoms with van der Waals surface area (Å²) < 4.78 is 26.4. The number of halogens is 2. The first-order valence-corrected chi connectivity index (χ1v) is 4.73. The van der Waals surface area contributed by atoms with Crippen LogP contribution in [-0.4, -0.2) is 4.98 Å². The van der Waals surface area contributed by atoms with Crippen molar-refractivity contribution in [3.8, 4) is 0 Å². The highest BCUT2D eigenvalue weighted by atomic mass is 19.1. The van der Waals surface area contributed by atoms with Crippen LogP contribution < -0.4 is 5.73 Å². The second-order valence-electron chi connectivity index (χ2n) is 3.76. The van der Waals surface area contributed by atoms with E-state index in [0.29, 0.717) is 10.9 Å². The van der Waals surface area contributed by atoms with Crippen LogP contribution in [0, 0.1) is 18.6 Å². The minimum atomic E-state index is -0.583. The van der Waals surface area contributed by atoms with Gasteiger partial charge in [0.15, 0.2) is 0 Å². The number of benzene rings is 1. The third-order valence-electron chi connectivity index (χ3n) is 2.52. The fraction of sp³-hybridized carbons (Fsp3) is 0.273. The number of aromatic nitrogens is 1. The molecule has 0 bridgehead atoms. The van der Waals surface area contributed by atoms with E-state index in [-0.39, 0.29) is 6.04 Å². The summed E-state index contributed by atoms with van der Waals surface area (Å²) in [5, 5.41) is 0.528. The standard InChI is InChI=1S/C11H12F2N2/c1-5(14)10-6(2)15-11-8(10)3-7(12)4-9(11)13/h3-5,15H,14H2,1-2H3. The highest BCUT2D eigenvalue weighted by Crippen LogP contribution is 2.28. The van der Waals surface area contributed by atoms with E-state index >= 15 is 0 Å². The first-order valence-electron chi connectivity index (χ1n) is 4.73. The second-order valence-corrected chi connectivity index (χ2v) is 3.76. The molecule has 2 rings (SSSR count). The van der Waals surface area contributed by atoms with Gasteiger partial charge >= 0.3 is 0 Å². The Hall–Kier alpha value is -1.42. The van der Waals surface area contributed by atoms with Crippen molar-refractivity contribution in [2.45, 2.75) is 19.9 Å². The molecule has 0 saturated heterocycles. The Bertz CT molecular complexity index is 515. The predicted molar refractivity (Wildman–Crippen MR) is 55.6 cm³/mol. The zero-order valence-electron chi connectivity index (χ0n) is 8.57. The smallest absolute Gasteiger partial charge is 0.150 e. The summed E-state index contributed by atoms with van der Waals surface area (Å²) in [4.78, 5) is 2.88. The summed E-state index contributed by atoms with van der Waals surface area (Å²) in [5.41, 5.74) is 7.63. The number of aromatic amines is 1. The first kappa shape index (κ1) is 10.1. The van der Waals surface area contributed by atoms with Gasteiger partial charge in [-0.1, -0.05) is 0 Å². The van der Waals surface area contributed by atoms with Gasteiger partial charge in [-0.3, -0.25) is 0 Å². The van der Waals surface area contributed by atoms with Gasteiger partial charge in [0.2, 0.25) is 0 Å². The molecule has 3 N–H and O–H groups in total. The molecule has 2 aromatic rings. The third kappa shape index (κ3) is 1.51. The molecule has 2 nitrogen and oxygen atoms in total. The van der Waals surface area contributed by atoms with Gasteiger partial charge < -0.3 is 10.7 Å². The highest BCUT2D eigenvalue weighted by Gasteiger charge is 2.15. The Balaban J connectivity index is 2.86. The molecule has 80 valence electrons.